The van der Waals surface area contributed by atoms with E-state index in [1.165, 1.54) is 6.07 Å². The molecule has 0 spiro atoms. The van der Waals surface area contributed by atoms with Gasteiger partial charge in [-0.3, -0.25) is 14.4 Å². The molecule has 26 heavy (non-hydrogen) atoms. The number of ketones is 2. The van der Waals surface area contributed by atoms with Gasteiger partial charge in [-0.15, -0.1) is 0 Å². The number of hydrogen-bond donors (Lipinski definition) is 0. The summed E-state index contributed by atoms with van der Waals surface area (Å²) in [7, 11) is 0. The van der Waals surface area contributed by atoms with Crippen molar-refractivity contribution in [3.8, 4) is 0 Å². The van der Waals surface area contributed by atoms with E-state index in [1.807, 2.05) is 0 Å². The molecule has 0 saturated heterocycles. The minimum atomic E-state index is -1.51. The van der Waals surface area contributed by atoms with Crippen LogP contribution in [0.25, 0.3) is 0 Å². The minimum absolute atomic E-state index is 0.0793. The maximum atomic E-state index is 13.3. The lowest BCUT2D eigenvalue weighted by molar-refractivity contribution is -0.150. The third-order valence-corrected chi connectivity index (χ3v) is 5.23. The normalized spacial score (nSPS) is 22.1. The Labute approximate surface area is 161 Å². The van der Waals surface area contributed by atoms with Crippen LogP contribution in [0.4, 0.5) is 0 Å². The summed E-state index contributed by atoms with van der Waals surface area (Å²) in [6, 6.07) is 11.5. The first-order valence-electron chi connectivity index (χ1n) is 8.12. The predicted molar refractivity (Wildman–Crippen MR) is 98.8 cm³/mol. The van der Waals surface area contributed by atoms with Crippen molar-refractivity contribution in [1.29, 1.82) is 0 Å². The molecule has 0 N–H and O–H groups in total. The third-order valence-electron chi connectivity index (χ3n) is 4.75. The van der Waals surface area contributed by atoms with Crippen molar-refractivity contribution in [2.24, 2.45) is 5.92 Å². The molecular formula is C20H16Cl2O4. The molecule has 0 heterocycles. The molecule has 0 aliphatic heterocycles. The van der Waals surface area contributed by atoms with Crippen LogP contribution < -0.4 is 0 Å². The van der Waals surface area contributed by atoms with Crippen LogP contribution in [0, 0.1) is 5.92 Å². The Bertz CT molecular complexity index is 905. The van der Waals surface area contributed by atoms with Gasteiger partial charge in [0.05, 0.1) is 12.0 Å². The molecule has 0 aromatic heterocycles. The lowest BCUT2D eigenvalue weighted by Gasteiger charge is -2.37. The van der Waals surface area contributed by atoms with Gasteiger partial charge >= 0.3 is 5.97 Å². The maximum Gasteiger partial charge on any atom is 0.324 e. The van der Waals surface area contributed by atoms with E-state index in [2.05, 4.69) is 0 Å². The largest absolute Gasteiger partial charge is 0.465 e. The molecule has 4 nitrogen and oxygen atoms in total. The van der Waals surface area contributed by atoms with Crippen LogP contribution in [0.3, 0.4) is 0 Å². The third kappa shape index (κ3) is 2.83. The van der Waals surface area contributed by atoms with Crippen LogP contribution >= 0.6 is 23.2 Å². The minimum Gasteiger partial charge on any atom is -0.465 e. The number of rotatable bonds is 3. The van der Waals surface area contributed by atoms with E-state index in [0.717, 1.165) is 0 Å². The topological polar surface area (TPSA) is 60.4 Å². The van der Waals surface area contributed by atoms with Crippen LogP contribution in [-0.2, 0) is 19.7 Å². The SMILES string of the molecule is CCOC(=O)C1C(=O)c2cc(Cl)ccc2C(C)(c2ccc(Cl)cc2)C1=O. The summed E-state index contributed by atoms with van der Waals surface area (Å²) in [5.41, 5.74) is 0.209. The predicted octanol–water partition coefficient (Wildman–Crippen LogP) is 4.24. The summed E-state index contributed by atoms with van der Waals surface area (Å²) in [5, 5.41) is 0.877. The number of Topliss-reactive ketones (excluding diaryl/α,β-unsaturated/α-hetero) is 2. The van der Waals surface area contributed by atoms with E-state index in [0.29, 0.717) is 21.2 Å². The van der Waals surface area contributed by atoms with Crippen molar-refractivity contribution >= 4 is 40.7 Å². The van der Waals surface area contributed by atoms with Gasteiger partial charge in [0.2, 0.25) is 0 Å². The molecule has 0 saturated carbocycles. The highest BCUT2D eigenvalue weighted by Crippen LogP contribution is 2.43. The van der Waals surface area contributed by atoms with E-state index in [4.69, 9.17) is 27.9 Å². The zero-order valence-electron chi connectivity index (χ0n) is 14.2. The fraction of sp³-hybridized carbons (Fsp3) is 0.250. The molecule has 0 amide bonds. The molecule has 0 radical (unpaired) electrons. The Hall–Kier alpha value is -2.17. The van der Waals surface area contributed by atoms with E-state index in [9.17, 15) is 14.4 Å². The van der Waals surface area contributed by atoms with Crippen molar-refractivity contribution in [2.75, 3.05) is 6.61 Å². The van der Waals surface area contributed by atoms with E-state index in [-0.39, 0.29) is 12.2 Å². The Morgan fingerprint density at radius 2 is 1.69 bits per heavy atom. The van der Waals surface area contributed by atoms with E-state index in [1.54, 1.807) is 50.2 Å². The number of carbonyl (C=O) groups excluding carboxylic acids is 3. The van der Waals surface area contributed by atoms with Gasteiger partial charge < -0.3 is 4.74 Å². The van der Waals surface area contributed by atoms with Crippen LogP contribution in [0.5, 0.6) is 0 Å². The zero-order valence-corrected chi connectivity index (χ0v) is 15.7. The lowest BCUT2D eigenvalue weighted by atomic mass is 9.62. The summed E-state index contributed by atoms with van der Waals surface area (Å²) >= 11 is 12.0. The Kier molecular flexibility index (Phi) is 4.91. The second kappa shape index (κ2) is 6.86. The Morgan fingerprint density at radius 3 is 2.31 bits per heavy atom. The van der Waals surface area contributed by atoms with Crippen molar-refractivity contribution in [3.05, 3.63) is 69.2 Å². The highest BCUT2D eigenvalue weighted by atomic mass is 35.5. The number of esters is 1. The first-order chi connectivity index (χ1) is 12.3. The van der Waals surface area contributed by atoms with Crippen molar-refractivity contribution in [1.82, 2.24) is 0 Å². The molecule has 134 valence electrons. The van der Waals surface area contributed by atoms with Gasteiger partial charge in [-0.05, 0) is 49.2 Å². The molecule has 1 aliphatic carbocycles. The zero-order chi connectivity index (χ0) is 19.1. The van der Waals surface area contributed by atoms with Gasteiger partial charge in [-0.25, -0.2) is 0 Å². The fourth-order valence-electron chi connectivity index (χ4n) is 3.37. The molecule has 0 bridgehead atoms. The number of halogens is 2. The van der Waals surface area contributed by atoms with E-state index >= 15 is 0 Å². The molecule has 2 aromatic rings. The molecule has 3 rings (SSSR count). The number of carbonyl (C=O) groups is 3. The van der Waals surface area contributed by atoms with Gasteiger partial charge in [0.1, 0.15) is 0 Å². The Morgan fingerprint density at radius 1 is 1.08 bits per heavy atom. The van der Waals surface area contributed by atoms with Crippen LogP contribution in [-0.4, -0.2) is 24.1 Å². The second-order valence-electron chi connectivity index (χ2n) is 6.24. The average molecular weight is 391 g/mol. The second-order valence-corrected chi connectivity index (χ2v) is 7.11. The molecule has 0 fully saturated rings. The first-order valence-corrected chi connectivity index (χ1v) is 8.87. The number of fused-ring (bicyclic) bond motifs is 1. The molecule has 6 heteroatoms. The van der Waals surface area contributed by atoms with Gasteiger partial charge in [0.15, 0.2) is 17.5 Å². The van der Waals surface area contributed by atoms with Crippen molar-refractivity contribution in [2.45, 2.75) is 19.3 Å². The van der Waals surface area contributed by atoms with E-state index < -0.39 is 28.9 Å². The molecule has 1 aliphatic rings. The van der Waals surface area contributed by atoms with Crippen molar-refractivity contribution < 1.29 is 19.1 Å². The Balaban J connectivity index is 2.27. The maximum absolute atomic E-state index is 13.3. The smallest absolute Gasteiger partial charge is 0.324 e. The highest BCUT2D eigenvalue weighted by Gasteiger charge is 2.53. The number of hydrogen-bond acceptors (Lipinski definition) is 4. The van der Waals surface area contributed by atoms with Gasteiger partial charge in [0, 0.05) is 15.6 Å². The summed E-state index contributed by atoms with van der Waals surface area (Å²) in [6.07, 6.45) is 0. The van der Waals surface area contributed by atoms with Gasteiger partial charge in [-0.1, -0.05) is 41.4 Å². The quantitative estimate of drug-likeness (QED) is 0.580. The van der Waals surface area contributed by atoms with Gasteiger partial charge in [0.25, 0.3) is 0 Å². The van der Waals surface area contributed by atoms with Gasteiger partial charge in [-0.2, -0.15) is 0 Å². The van der Waals surface area contributed by atoms with Crippen LogP contribution in [0.1, 0.15) is 35.3 Å². The lowest BCUT2D eigenvalue weighted by Crippen LogP contribution is -2.50. The van der Waals surface area contributed by atoms with Crippen LogP contribution in [0.2, 0.25) is 10.0 Å². The summed E-state index contributed by atoms with van der Waals surface area (Å²) in [5.74, 6) is -3.45. The molecule has 2 aromatic carbocycles. The monoisotopic (exact) mass is 390 g/mol. The molecule has 2 unspecified atom stereocenters. The highest BCUT2D eigenvalue weighted by molar-refractivity contribution is 6.33. The number of benzene rings is 2. The summed E-state index contributed by atoms with van der Waals surface area (Å²) in [6.45, 7) is 3.40. The average Bonchev–Trinajstić information content (AvgIpc) is 2.61. The van der Waals surface area contributed by atoms with Crippen LogP contribution in [0.15, 0.2) is 42.5 Å². The number of ether oxygens (including phenoxy) is 1. The summed E-state index contributed by atoms with van der Waals surface area (Å²) < 4.78 is 4.98. The summed E-state index contributed by atoms with van der Waals surface area (Å²) in [4.78, 5) is 38.6. The standard InChI is InChI=1S/C20H16Cl2O4/c1-3-26-19(25)16-17(23)14-10-13(22)8-9-15(14)20(2,18(16)24)11-4-6-12(21)7-5-11/h4-10,16H,3H2,1-2H3. The van der Waals surface area contributed by atoms with Crippen molar-refractivity contribution in [3.63, 3.8) is 0 Å². The molecular weight excluding hydrogens is 375 g/mol. The molecule has 2 atom stereocenters. The fourth-order valence-corrected chi connectivity index (χ4v) is 3.67. The first kappa shape index (κ1) is 18.6.